The second-order valence-electron chi connectivity index (χ2n) is 7.18. The average Bonchev–Trinajstić information content (AvgIpc) is 2.81. The molecule has 2 aromatic carbocycles. The molecule has 0 spiro atoms. The van der Waals surface area contributed by atoms with Crippen molar-refractivity contribution in [2.75, 3.05) is 47.9 Å². The van der Waals surface area contributed by atoms with Crippen LogP contribution in [0.25, 0.3) is 0 Å². The monoisotopic (exact) mass is 438 g/mol. The van der Waals surface area contributed by atoms with E-state index < -0.39 is 4.92 Å². The maximum atomic E-state index is 13.2. The highest BCUT2D eigenvalue weighted by Crippen LogP contribution is 2.34. The number of hydrogen-bond donors (Lipinski definition) is 1. The zero-order valence-electron chi connectivity index (χ0n) is 17.6. The number of nitrogens with one attached hydrogen (secondary N) is 1. The molecule has 9 nitrogen and oxygen atoms in total. The van der Waals surface area contributed by atoms with Crippen molar-refractivity contribution in [2.24, 2.45) is 0 Å². The average molecular weight is 438 g/mol. The number of hydrogen-bond acceptors (Lipinski definition) is 8. The number of rotatable bonds is 7. The van der Waals surface area contributed by atoms with Crippen molar-refractivity contribution in [3.05, 3.63) is 70.8 Å². The summed E-state index contributed by atoms with van der Waals surface area (Å²) >= 11 is 0. The van der Waals surface area contributed by atoms with E-state index in [2.05, 4.69) is 20.2 Å². The maximum absolute atomic E-state index is 13.2. The van der Waals surface area contributed by atoms with E-state index in [1.807, 2.05) is 11.8 Å². The number of nitro groups is 1. The zero-order valence-corrected chi connectivity index (χ0v) is 17.6. The number of piperazine rings is 1. The van der Waals surface area contributed by atoms with E-state index in [9.17, 15) is 14.5 Å². The van der Waals surface area contributed by atoms with Crippen LogP contribution in [0.5, 0.6) is 5.75 Å². The second-order valence-corrected chi connectivity index (χ2v) is 7.18. The Hall–Kier alpha value is -3.95. The fourth-order valence-corrected chi connectivity index (χ4v) is 3.63. The predicted molar refractivity (Wildman–Crippen MR) is 120 cm³/mol. The molecule has 3 aromatic rings. The highest BCUT2D eigenvalue weighted by molar-refractivity contribution is 5.74. The van der Waals surface area contributed by atoms with Gasteiger partial charge in [-0.05, 0) is 55.5 Å². The lowest BCUT2D eigenvalue weighted by molar-refractivity contribution is -0.383. The van der Waals surface area contributed by atoms with Crippen LogP contribution >= 0.6 is 0 Å². The van der Waals surface area contributed by atoms with Crippen molar-refractivity contribution in [2.45, 2.75) is 6.92 Å². The van der Waals surface area contributed by atoms with Crippen LogP contribution in [-0.2, 0) is 0 Å². The summed E-state index contributed by atoms with van der Waals surface area (Å²) < 4.78 is 18.6. The van der Waals surface area contributed by atoms with Gasteiger partial charge in [0.25, 0.3) is 0 Å². The Kier molecular flexibility index (Phi) is 6.29. The van der Waals surface area contributed by atoms with E-state index in [-0.39, 0.29) is 23.1 Å². The van der Waals surface area contributed by atoms with Crippen LogP contribution in [-0.4, -0.2) is 47.7 Å². The van der Waals surface area contributed by atoms with Crippen LogP contribution in [0.4, 0.5) is 33.1 Å². The highest BCUT2D eigenvalue weighted by atomic mass is 19.1. The van der Waals surface area contributed by atoms with E-state index >= 15 is 0 Å². The fourth-order valence-electron chi connectivity index (χ4n) is 3.63. The van der Waals surface area contributed by atoms with E-state index in [0.717, 1.165) is 11.4 Å². The van der Waals surface area contributed by atoms with Crippen molar-refractivity contribution in [1.82, 2.24) is 9.97 Å². The van der Waals surface area contributed by atoms with Crippen LogP contribution < -0.4 is 19.9 Å². The topological polar surface area (TPSA) is 96.7 Å². The van der Waals surface area contributed by atoms with E-state index in [0.29, 0.717) is 38.5 Å². The molecule has 0 aliphatic carbocycles. The molecular formula is C22H23FN6O3. The van der Waals surface area contributed by atoms with Crippen LogP contribution in [0.2, 0.25) is 0 Å². The minimum Gasteiger partial charge on any atom is -0.494 e. The fraction of sp³-hybridized carbons (Fsp3) is 0.273. The first kappa shape index (κ1) is 21.3. The minimum absolute atomic E-state index is 0.130. The molecule has 1 aliphatic rings. The Labute approximate surface area is 184 Å². The molecule has 32 heavy (non-hydrogen) atoms. The number of aromatic nitrogens is 2. The smallest absolute Gasteiger partial charge is 0.353 e. The van der Waals surface area contributed by atoms with Crippen LogP contribution in [0.15, 0.2) is 54.9 Å². The first-order chi connectivity index (χ1) is 15.5. The Balaban J connectivity index is 1.52. The largest absolute Gasteiger partial charge is 0.494 e. The predicted octanol–water partition coefficient (Wildman–Crippen LogP) is 3.99. The van der Waals surface area contributed by atoms with Gasteiger partial charge in [0, 0.05) is 37.6 Å². The Morgan fingerprint density at radius 2 is 1.69 bits per heavy atom. The standard InChI is InChI=1S/C22H23FN6O3/c1-2-32-19-9-5-17(6-10-19)26-21-20(29(30)31)22(25-15-24-21)28-13-11-27(12-14-28)18-7-3-16(23)4-8-18/h3-10,15H,2,11-14H2,1H3,(H,24,25,26). The van der Waals surface area contributed by atoms with Crippen LogP contribution in [0.1, 0.15) is 6.92 Å². The lowest BCUT2D eigenvalue weighted by Crippen LogP contribution is -2.47. The third-order valence-corrected chi connectivity index (χ3v) is 5.18. The van der Waals surface area contributed by atoms with Crippen molar-refractivity contribution < 1.29 is 14.1 Å². The summed E-state index contributed by atoms with van der Waals surface area (Å²) in [6, 6.07) is 13.4. The summed E-state index contributed by atoms with van der Waals surface area (Å²) in [4.78, 5) is 23.8. The number of benzene rings is 2. The van der Waals surface area contributed by atoms with Gasteiger partial charge < -0.3 is 19.9 Å². The normalized spacial score (nSPS) is 13.7. The van der Waals surface area contributed by atoms with Gasteiger partial charge in [0.2, 0.25) is 11.6 Å². The van der Waals surface area contributed by atoms with Gasteiger partial charge in [-0.2, -0.15) is 0 Å². The quantitative estimate of drug-likeness (QED) is 0.437. The molecule has 4 rings (SSSR count). The molecule has 166 valence electrons. The number of nitrogens with zero attached hydrogens (tertiary/aromatic N) is 5. The molecule has 0 amide bonds. The third kappa shape index (κ3) is 4.69. The number of halogens is 1. The molecule has 1 fully saturated rings. The lowest BCUT2D eigenvalue weighted by atomic mass is 10.2. The SMILES string of the molecule is CCOc1ccc(Nc2ncnc(N3CCN(c4ccc(F)cc4)CC3)c2[N+](=O)[O-])cc1. The van der Waals surface area contributed by atoms with Gasteiger partial charge in [-0.1, -0.05) is 0 Å². The first-order valence-corrected chi connectivity index (χ1v) is 10.3. The summed E-state index contributed by atoms with van der Waals surface area (Å²) in [5.74, 6) is 0.842. The molecule has 0 atom stereocenters. The number of anilines is 4. The third-order valence-electron chi connectivity index (χ3n) is 5.18. The van der Waals surface area contributed by atoms with Gasteiger partial charge in [0.1, 0.15) is 17.9 Å². The van der Waals surface area contributed by atoms with Crippen LogP contribution in [0, 0.1) is 15.9 Å². The van der Waals surface area contributed by atoms with Gasteiger partial charge in [-0.15, -0.1) is 0 Å². The Morgan fingerprint density at radius 1 is 1.03 bits per heavy atom. The molecule has 2 heterocycles. The molecule has 1 N–H and O–H groups in total. The van der Waals surface area contributed by atoms with E-state index in [1.165, 1.54) is 18.5 Å². The summed E-state index contributed by atoms with van der Waals surface area (Å²) in [6.07, 6.45) is 1.32. The van der Waals surface area contributed by atoms with Gasteiger partial charge in [0.15, 0.2) is 0 Å². The van der Waals surface area contributed by atoms with E-state index in [1.54, 1.807) is 36.4 Å². The summed E-state index contributed by atoms with van der Waals surface area (Å²) in [6.45, 7) is 4.80. The summed E-state index contributed by atoms with van der Waals surface area (Å²) in [5.41, 5.74) is 1.40. The first-order valence-electron chi connectivity index (χ1n) is 10.3. The van der Waals surface area contributed by atoms with Gasteiger partial charge in [-0.3, -0.25) is 10.1 Å². The lowest BCUT2D eigenvalue weighted by Gasteiger charge is -2.36. The summed E-state index contributed by atoms with van der Waals surface area (Å²) in [5, 5.41) is 14.9. The molecular weight excluding hydrogens is 415 g/mol. The van der Waals surface area contributed by atoms with Crippen molar-refractivity contribution in [3.63, 3.8) is 0 Å². The molecule has 1 saturated heterocycles. The Bertz CT molecular complexity index is 1070. The van der Waals surface area contributed by atoms with Crippen molar-refractivity contribution in [3.8, 4) is 5.75 Å². The second kappa shape index (κ2) is 9.46. The van der Waals surface area contributed by atoms with Crippen molar-refractivity contribution >= 4 is 28.7 Å². The van der Waals surface area contributed by atoms with Crippen LogP contribution in [0.3, 0.4) is 0 Å². The van der Waals surface area contributed by atoms with Gasteiger partial charge in [-0.25, -0.2) is 14.4 Å². The Morgan fingerprint density at radius 3 is 2.31 bits per heavy atom. The molecule has 0 radical (unpaired) electrons. The van der Waals surface area contributed by atoms with Crippen molar-refractivity contribution in [1.29, 1.82) is 0 Å². The highest BCUT2D eigenvalue weighted by Gasteiger charge is 2.29. The number of ether oxygens (including phenoxy) is 1. The van der Waals surface area contributed by atoms with Gasteiger partial charge in [0.05, 0.1) is 11.5 Å². The summed E-state index contributed by atoms with van der Waals surface area (Å²) in [7, 11) is 0. The molecule has 1 aliphatic heterocycles. The maximum Gasteiger partial charge on any atom is 0.353 e. The minimum atomic E-state index is -0.460. The molecule has 10 heteroatoms. The van der Waals surface area contributed by atoms with Gasteiger partial charge >= 0.3 is 5.69 Å². The molecule has 0 unspecified atom stereocenters. The molecule has 0 bridgehead atoms. The molecule has 1 aromatic heterocycles. The van der Waals surface area contributed by atoms with E-state index in [4.69, 9.17) is 4.74 Å². The molecule has 0 saturated carbocycles. The zero-order chi connectivity index (χ0) is 22.5.